The number of phenolic OH excluding ortho intramolecular Hbond substituents is 1. The molecule has 0 aliphatic rings. The predicted molar refractivity (Wildman–Crippen MR) is 117 cm³/mol. The summed E-state index contributed by atoms with van der Waals surface area (Å²) in [6, 6.07) is 16.4. The first-order valence-corrected chi connectivity index (χ1v) is 9.86. The molecule has 0 radical (unpaired) electrons. The number of rotatable bonds is 7. The second kappa shape index (κ2) is 9.43. The van der Waals surface area contributed by atoms with Crippen molar-refractivity contribution in [2.75, 3.05) is 7.11 Å². The summed E-state index contributed by atoms with van der Waals surface area (Å²) in [6.45, 7) is 1.86. The molecule has 150 valence electrons. The molecular formula is C22H21BrN2O4. The van der Waals surface area contributed by atoms with Crippen LogP contribution in [0.5, 0.6) is 17.2 Å². The molecule has 7 heteroatoms. The normalized spacial score (nSPS) is 12.1. The molecule has 3 aromatic rings. The van der Waals surface area contributed by atoms with Gasteiger partial charge in [-0.2, -0.15) is 5.10 Å². The van der Waals surface area contributed by atoms with Crippen LogP contribution in [0.2, 0.25) is 0 Å². The second-order valence-corrected chi connectivity index (χ2v) is 7.07. The van der Waals surface area contributed by atoms with Crippen molar-refractivity contribution in [1.29, 1.82) is 0 Å². The first-order valence-electron chi connectivity index (χ1n) is 9.07. The molecule has 0 aromatic heterocycles. The molecule has 0 aliphatic carbocycles. The highest BCUT2D eigenvalue weighted by Crippen LogP contribution is 2.33. The van der Waals surface area contributed by atoms with Crippen molar-refractivity contribution in [3.63, 3.8) is 0 Å². The van der Waals surface area contributed by atoms with Gasteiger partial charge in [0.05, 0.1) is 17.8 Å². The Labute approximate surface area is 177 Å². The van der Waals surface area contributed by atoms with E-state index in [-0.39, 0.29) is 11.7 Å². The van der Waals surface area contributed by atoms with Gasteiger partial charge in [0.1, 0.15) is 17.2 Å². The first kappa shape index (κ1) is 20.7. The molecule has 1 amide bonds. The summed E-state index contributed by atoms with van der Waals surface area (Å²) in [4.78, 5) is 12.5. The lowest BCUT2D eigenvalue weighted by atomic mass is 10.1. The fourth-order valence-corrected chi connectivity index (χ4v) is 3.37. The summed E-state index contributed by atoms with van der Waals surface area (Å²) in [7, 11) is 1.53. The van der Waals surface area contributed by atoms with E-state index in [2.05, 4.69) is 26.5 Å². The number of nitrogens with one attached hydrogen (secondary N) is 1. The van der Waals surface area contributed by atoms with Gasteiger partial charge in [0, 0.05) is 5.56 Å². The highest BCUT2D eigenvalue weighted by atomic mass is 79.9. The van der Waals surface area contributed by atoms with E-state index < -0.39 is 6.10 Å². The first-order chi connectivity index (χ1) is 14.0. The molecule has 1 unspecified atom stereocenters. The van der Waals surface area contributed by atoms with Crippen LogP contribution < -0.4 is 14.9 Å². The Morgan fingerprint density at radius 2 is 2.03 bits per heavy atom. The van der Waals surface area contributed by atoms with Gasteiger partial charge in [0.15, 0.2) is 6.10 Å². The number of hydrogen-bond acceptors (Lipinski definition) is 5. The third-order valence-electron chi connectivity index (χ3n) is 4.37. The molecule has 2 N–H and O–H groups in total. The molecule has 0 heterocycles. The monoisotopic (exact) mass is 456 g/mol. The van der Waals surface area contributed by atoms with Gasteiger partial charge in [0.25, 0.3) is 5.91 Å². The summed E-state index contributed by atoms with van der Waals surface area (Å²) in [5.41, 5.74) is 2.89. The highest BCUT2D eigenvalue weighted by molar-refractivity contribution is 9.10. The number of aromatic hydroxyl groups is 1. The van der Waals surface area contributed by atoms with E-state index >= 15 is 0 Å². The fourth-order valence-electron chi connectivity index (χ4n) is 2.78. The maximum Gasteiger partial charge on any atom is 0.281 e. The van der Waals surface area contributed by atoms with Gasteiger partial charge in [-0.05, 0) is 57.4 Å². The van der Waals surface area contributed by atoms with Crippen LogP contribution >= 0.6 is 15.9 Å². The SMILES string of the molecule is CCC(Oc1ccc2ccccc2c1Br)C(=O)N/N=C\c1cc(OC)ccc1O. The van der Waals surface area contributed by atoms with Gasteiger partial charge in [-0.1, -0.05) is 37.3 Å². The third-order valence-corrected chi connectivity index (χ3v) is 5.19. The van der Waals surface area contributed by atoms with Crippen LogP contribution in [-0.4, -0.2) is 30.4 Å². The van der Waals surface area contributed by atoms with E-state index in [9.17, 15) is 9.90 Å². The molecule has 0 saturated heterocycles. The van der Waals surface area contributed by atoms with E-state index in [0.717, 1.165) is 15.2 Å². The molecule has 1 atom stereocenters. The van der Waals surface area contributed by atoms with Crippen molar-refractivity contribution in [2.24, 2.45) is 5.10 Å². The molecule has 6 nitrogen and oxygen atoms in total. The topological polar surface area (TPSA) is 80.2 Å². The molecular weight excluding hydrogens is 436 g/mol. The van der Waals surface area contributed by atoms with Crippen LogP contribution in [-0.2, 0) is 4.79 Å². The Morgan fingerprint density at radius 1 is 1.24 bits per heavy atom. The molecule has 29 heavy (non-hydrogen) atoms. The predicted octanol–water partition coefficient (Wildman–Crippen LogP) is 4.62. The highest BCUT2D eigenvalue weighted by Gasteiger charge is 2.19. The quantitative estimate of drug-likeness (QED) is 0.401. The maximum atomic E-state index is 12.5. The number of nitrogens with zero attached hydrogens (tertiary/aromatic N) is 1. The Kier molecular flexibility index (Phi) is 6.72. The number of phenols is 1. The average molecular weight is 457 g/mol. The molecule has 3 rings (SSSR count). The van der Waals surface area contributed by atoms with E-state index in [0.29, 0.717) is 23.5 Å². The number of hydrogen-bond donors (Lipinski definition) is 2. The minimum atomic E-state index is -0.719. The second-order valence-electron chi connectivity index (χ2n) is 6.27. The van der Waals surface area contributed by atoms with Crippen molar-refractivity contribution in [3.8, 4) is 17.2 Å². The zero-order valence-electron chi connectivity index (χ0n) is 16.1. The summed E-state index contributed by atoms with van der Waals surface area (Å²) in [5.74, 6) is 0.810. The lowest BCUT2D eigenvalue weighted by molar-refractivity contribution is -0.128. The van der Waals surface area contributed by atoms with Crippen molar-refractivity contribution < 1.29 is 19.4 Å². The summed E-state index contributed by atoms with van der Waals surface area (Å²) in [5, 5.41) is 15.9. The molecule has 0 fully saturated rings. The molecule has 3 aromatic carbocycles. The standard InChI is InChI=1S/C22H21BrN2O4/c1-3-19(29-20-11-8-14-6-4-5-7-17(14)21(20)23)22(27)25-24-13-15-12-16(28-2)9-10-18(15)26/h4-13,19,26H,3H2,1-2H3,(H,25,27)/b24-13-. The van der Waals surface area contributed by atoms with Gasteiger partial charge in [0.2, 0.25) is 0 Å². The van der Waals surface area contributed by atoms with Crippen LogP contribution in [0.1, 0.15) is 18.9 Å². The average Bonchev–Trinajstić information content (AvgIpc) is 2.74. The number of halogens is 1. The van der Waals surface area contributed by atoms with Gasteiger partial charge in [-0.3, -0.25) is 4.79 Å². The van der Waals surface area contributed by atoms with E-state index in [1.807, 2.05) is 43.3 Å². The van der Waals surface area contributed by atoms with Gasteiger partial charge in [-0.25, -0.2) is 5.43 Å². The van der Waals surface area contributed by atoms with Crippen LogP contribution in [0.25, 0.3) is 10.8 Å². The number of carbonyl (C=O) groups is 1. The number of fused-ring (bicyclic) bond motifs is 1. The zero-order chi connectivity index (χ0) is 20.8. The van der Waals surface area contributed by atoms with Gasteiger partial charge >= 0.3 is 0 Å². The Morgan fingerprint density at radius 3 is 2.79 bits per heavy atom. The fraction of sp³-hybridized carbons (Fsp3) is 0.182. The smallest absolute Gasteiger partial charge is 0.281 e. The van der Waals surface area contributed by atoms with E-state index in [4.69, 9.17) is 9.47 Å². The van der Waals surface area contributed by atoms with Crippen molar-refractivity contribution in [1.82, 2.24) is 5.43 Å². The summed E-state index contributed by atoms with van der Waals surface area (Å²) in [6.07, 6.45) is 1.10. The zero-order valence-corrected chi connectivity index (χ0v) is 17.6. The van der Waals surface area contributed by atoms with Crippen LogP contribution in [0, 0.1) is 0 Å². The van der Waals surface area contributed by atoms with E-state index in [1.54, 1.807) is 12.1 Å². The summed E-state index contributed by atoms with van der Waals surface area (Å²) >= 11 is 3.57. The number of amides is 1. The minimum Gasteiger partial charge on any atom is -0.507 e. The van der Waals surface area contributed by atoms with Crippen LogP contribution in [0.15, 0.2) is 64.2 Å². The molecule has 0 saturated carbocycles. The largest absolute Gasteiger partial charge is 0.507 e. The molecule has 0 bridgehead atoms. The minimum absolute atomic E-state index is 0.0344. The summed E-state index contributed by atoms with van der Waals surface area (Å²) < 4.78 is 11.8. The number of ether oxygens (including phenoxy) is 2. The van der Waals surface area contributed by atoms with Gasteiger partial charge < -0.3 is 14.6 Å². The number of hydrazone groups is 1. The lowest BCUT2D eigenvalue weighted by Gasteiger charge is -2.17. The number of carbonyl (C=O) groups excluding carboxylic acids is 1. The maximum absolute atomic E-state index is 12.5. The number of benzene rings is 3. The molecule has 0 spiro atoms. The van der Waals surface area contributed by atoms with Gasteiger partial charge in [-0.15, -0.1) is 0 Å². The van der Waals surface area contributed by atoms with Crippen molar-refractivity contribution >= 4 is 38.8 Å². The Bertz CT molecular complexity index is 1050. The van der Waals surface area contributed by atoms with Crippen molar-refractivity contribution in [3.05, 3.63) is 64.6 Å². The molecule has 0 aliphatic heterocycles. The Hall–Kier alpha value is -3.06. The third kappa shape index (κ3) is 4.86. The lowest BCUT2D eigenvalue weighted by Crippen LogP contribution is -2.35. The number of methoxy groups -OCH3 is 1. The van der Waals surface area contributed by atoms with Crippen LogP contribution in [0.3, 0.4) is 0 Å². The van der Waals surface area contributed by atoms with Crippen LogP contribution in [0.4, 0.5) is 0 Å². The van der Waals surface area contributed by atoms with Crippen molar-refractivity contribution in [2.45, 2.75) is 19.4 Å². The Balaban J connectivity index is 1.70. The van der Waals surface area contributed by atoms with E-state index in [1.165, 1.54) is 19.4 Å².